The number of imidazole rings is 1. The molecule has 0 unspecified atom stereocenters. The van der Waals surface area contributed by atoms with Crippen molar-refractivity contribution in [1.29, 1.82) is 0 Å². The third-order valence-corrected chi connectivity index (χ3v) is 10.3. The zero-order valence-corrected chi connectivity index (χ0v) is 27.4. The van der Waals surface area contributed by atoms with Crippen LogP contribution in [-0.2, 0) is 6.42 Å². The first-order valence-electron chi connectivity index (χ1n) is 17.3. The van der Waals surface area contributed by atoms with Gasteiger partial charge >= 0.3 is 0 Å². The molecule has 0 aliphatic heterocycles. The SMILES string of the molecule is c1ccc(C2=C(c3ccccc3)c3ccc4c(ccc5c(-c6ccc(-c7c(-c8ccccc8)nc8ccccn78)cc6)cccc54)c3C2)cc1. The van der Waals surface area contributed by atoms with Gasteiger partial charge in [-0.2, -0.15) is 0 Å². The maximum Gasteiger partial charge on any atom is 0.137 e. The molecule has 1 aliphatic rings. The van der Waals surface area contributed by atoms with Gasteiger partial charge in [0.05, 0.1) is 11.4 Å². The van der Waals surface area contributed by atoms with E-state index in [2.05, 4.69) is 180 Å². The molecule has 0 atom stereocenters. The molecule has 0 N–H and O–H groups in total. The van der Waals surface area contributed by atoms with E-state index >= 15 is 0 Å². The topological polar surface area (TPSA) is 17.3 Å². The van der Waals surface area contributed by atoms with Crippen LogP contribution in [0.25, 0.3) is 72.0 Å². The minimum absolute atomic E-state index is 0.918. The van der Waals surface area contributed by atoms with Crippen LogP contribution in [0, 0.1) is 0 Å². The Morgan fingerprint density at radius 1 is 0.400 bits per heavy atom. The summed E-state index contributed by atoms with van der Waals surface area (Å²) in [5.41, 5.74) is 15.8. The molecular weight excluding hydrogens is 605 g/mol. The molecule has 1 aliphatic carbocycles. The highest BCUT2D eigenvalue weighted by Crippen LogP contribution is 2.46. The molecule has 9 aromatic rings. The van der Waals surface area contributed by atoms with Crippen LogP contribution in [0.5, 0.6) is 0 Å². The average Bonchev–Trinajstić information content (AvgIpc) is 3.78. The van der Waals surface area contributed by atoms with E-state index in [-0.39, 0.29) is 0 Å². The predicted octanol–water partition coefficient (Wildman–Crippen LogP) is 12.2. The first-order valence-corrected chi connectivity index (χ1v) is 17.3. The number of nitrogens with zero attached hydrogens (tertiary/aromatic N) is 2. The van der Waals surface area contributed by atoms with Gasteiger partial charge in [-0.05, 0) is 84.6 Å². The summed E-state index contributed by atoms with van der Waals surface area (Å²) in [4.78, 5) is 5.04. The highest BCUT2D eigenvalue weighted by Gasteiger charge is 2.26. The average molecular weight is 637 g/mol. The molecule has 10 rings (SSSR count). The molecule has 234 valence electrons. The van der Waals surface area contributed by atoms with Gasteiger partial charge in [-0.1, -0.05) is 164 Å². The van der Waals surface area contributed by atoms with Crippen molar-refractivity contribution in [3.8, 4) is 33.6 Å². The standard InChI is InChI=1S/C48H32N2/c1-4-13-32(14-5-1)43-31-44-41-27-26-39-37(19-12-20-38(39)40(41)28-29-42(44)46(43)34-15-6-2-7-16-34)33-22-24-36(25-23-33)48-47(35-17-8-3-9-18-35)49-45-21-10-11-30-50(45)48/h1-30H,31H2. The molecule has 0 spiro atoms. The number of aromatic nitrogens is 2. The van der Waals surface area contributed by atoms with Crippen molar-refractivity contribution < 1.29 is 0 Å². The molecule has 0 bridgehead atoms. The largest absolute Gasteiger partial charge is 0.299 e. The lowest BCUT2D eigenvalue weighted by Gasteiger charge is -2.14. The minimum atomic E-state index is 0.918. The first-order chi connectivity index (χ1) is 24.8. The molecular formula is C48H32N2. The fraction of sp³-hybridized carbons (Fsp3) is 0.0208. The quantitative estimate of drug-likeness (QED) is 0.172. The van der Waals surface area contributed by atoms with Crippen molar-refractivity contribution in [1.82, 2.24) is 9.38 Å². The normalized spacial score (nSPS) is 12.6. The van der Waals surface area contributed by atoms with Gasteiger partial charge in [0, 0.05) is 17.3 Å². The lowest BCUT2D eigenvalue weighted by Crippen LogP contribution is -1.91. The smallest absolute Gasteiger partial charge is 0.137 e. The third kappa shape index (κ3) is 4.53. The molecule has 0 saturated carbocycles. The van der Waals surface area contributed by atoms with Crippen molar-refractivity contribution in [2.75, 3.05) is 0 Å². The number of hydrogen-bond acceptors (Lipinski definition) is 1. The van der Waals surface area contributed by atoms with E-state index in [9.17, 15) is 0 Å². The zero-order valence-electron chi connectivity index (χ0n) is 27.4. The second-order valence-electron chi connectivity index (χ2n) is 13.1. The molecule has 0 radical (unpaired) electrons. The van der Waals surface area contributed by atoms with E-state index in [0.29, 0.717) is 0 Å². The Morgan fingerprint density at radius 2 is 1.02 bits per heavy atom. The van der Waals surface area contributed by atoms with Crippen LogP contribution in [0.15, 0.2) is 182 Å². The number of fused-ring (bicyclic) bond motifs is 6. The second-order valence-corrected chi connectivity index (χ2v) is 13.1. The fourth-order valence-corrected chi connectivity index (χ4v) is 8.04. The summed E-state index contributed by atoms with van der Waals surface area (Å²) in [6, 6.07) is 63.6. The lowest BCUT2D eigenvalue weighted by atomic mass is 9.90. The van der Waals surface area contributed by atoms with Gasteiger partial charge in [-0.25, -0.2) is 4.98 Å². The number of allylic oxidation sites excluding steroid dienone is 1. The lowest BCUT2D eigenvalue weighted by molar-refractivity contribution is 1.19. The van der Waals surface area contributed by atoms with Crippen LogP contribution in [-0.4, -0.2) is 9.38 Å². The maximum absolute atomic E-state index is 5.04. The van der Waals surface area contributed by atoms with E-state index < -0.39 is 0 Å². The third-order valence-electron chi connectivity index (χ3n) is 10.3. The van der Waals surface area contributed by atoms with Crippen molar-refractivity contribution in [3.05, 3.63) is 204 Å². The summed E-state index contributed by atoms with van der Waals surface area (Å²) in [6.45, 7) is 0. The summed E-state index contributed by atoms with van der Waals surface area (Å²) >= 11 is 0. The van der Waals surface area contributed by atoms with E-state index in [0.717, 1.165) is 34.6 Å². The maximum atomic E-state index is 5.04. The van der Waals surface area contributed by atoms with Crippen molar-refractivity contribution in [3.63, 3.8) is 0 Å². The Balaban J connectivity index is 1.08. The van der Waals surface area contributed by atoms with Crippen molar-refractivity contribution in [2.24, 2.45) is 0 Å². The summed E-state index contributed by atoms with van der Waals surface area (Å²) in [6.07, 6.45) is 3.02. The molecule has 2 heteroatoms. The molecule has 0 amide bonds. The van der Waals surface area contributed by atoms with Crippen LogP contribution in [0.1, 0.15) is 22.3 Å². The Kier molecular flexibility index (Phi) is 6.60. The summed E-state index contributed by atoms with van der Waals surface area (Å²) in [7, 11) is 0. The van der Waals surface area contributed by atoms with Gasteiger partial charge in [0.1, 0.15) is 5.65 Å². The van der Waals surface area contributed by atoms with E-state index in [1.807, 2.05) is 6.07 Å². The second kappa shape index (κ2) is 11.6. The van der Waals surface area contributed by atoms with E-state index in [1.54, 1.807) is 0 Å². The number of rotatable bonds is 5. The molecule has 7 aromatic carbocycles. The Bertz CT molecular complexity index is 2740. The fourth-order valence-electron chi connectivity index (χ4n) is 8.04. The molecule has 2 nitrogen and oxygen atoms in total. The molecule has 0 saturated heterocycles. The van der Waals surface area contributed by atoms with Crippen LogP contribution >= 0.6 is 0 Å². The molecule has 2 heterocycles. The van der Waals surface area contributed by atoms with Crippen LogP contribution in [0.2, 0.25) is 0 Å². The van der Waals surface area contributed by atoms with Crippen LogP contribution < -0.4 is 0 Å². The van der Waals surface area contributed by atoms with Gasteiger partial charge < -0.3 is 0 Å². The van der Waals surface area contributed by atoms with Gasteiger partial charge in [-0.15, -0.1) is 0 Å². The van der Waals surface area contributed by atoms with Gasteiger partial charge in [0.25, 0.3) is 0 Å². The predicted molar refractivity (Wildman–Crippen MR) is 209 cm³/mol. The Morgan fingerprint density at radius 3 is 1.78 bits per heavy atom. The van der Waals surface area contributed by atoms with Gasteiger partial charge in [-0.3, -0.25) is 4.40 Å². The Hall–Kier alpha value is -6.51. The molecule has 2 aromatic heterocycles. The van der Waals surface area contributed by atoms with Gasteiger partial charge in [0.15, 0.2) is 0 Å². The highest BCUT2D eigenvalue weighted by molar-refractivity contribution is 6.16. The Labute approximate surface area is 291 Å². The number of benzene rings is 7. The monoisotopic (exact) mass is 636 g/mol. The summed E-state index contributed by atoms with van der Waals surface area (Å²) in [5, 5.41) is 5.20. The molecule has 0 fully saturated rings. The van der Waals surface area contributed by atoms with E-state index in [4.69, 9.17) is 4.98 Å². The number of pyridine rings is 1. The minimum Gasteiger partial charge on any atom is -0.299 e. The highest BCUT2D eigenvalue weighted by atomic mass is 15.0. The van der Waals surface area contributed by atoms with E-state index in [1.165, 1.54) is 66.1 Å². The summed E-state index contributed by atoms with van der Waals surface area (Å²) in [5.74, 6) is 0. The first kappa shape index (κ1) is 28.5. The van der Waals surface area contributed by atoms with Crippen molar-refractivity contribution in [2.45, 2.75) is 6.42 Å². The molecule has 50 heavy (non-hydrogen) atoms. The zero-order chi connectivity index (χ0) is 33.0. The number of hydrogen-bond donors (Lipinski definition) is 0. The van der Waals surface area contributed by atoms with Gasteiger partial charge in [0.2, 0.25) is 0 Å². The van der Waals surface area contributed by atoms with Crippen molar-refractivity contribution >= 4 is 38.3 Å². The summed E-state index contributed by atoms with van der Waals surface area (Å²) < 4.78 is 2.20. The van der Waals surface area contributed by atoms with Crippen LogP contribution in [0.3, 0.4) is 0 Å². The van der Waals surface area contributed by atoms with Crippen LogP contribution in [0.4, 0.5) is 0 Å².